The highest BCUT2D eigenvalue weighted by Gasteiger charge is 2.25. The van der Waals surface area contributed by atoms with Gasteiger partial charge in [-0.05, 0) is 25.0 Å². The van der Waals surface area contributed by atoms with E-state index in [9.17, 15) is 14.4 Å². The Kier molecular flexibility index (Phi) is 8.40. The van der Waals surface area contributed by atoms with Gasteiger partial charge in [-0.15, -0.1) is 11.3 Å². The van der Waals surface area contributed by atoms with E-state index in [1.165, 1.54) is 18.3 Å². The highest BCUT2D eigenvalue weighted by Crippen LogP contribution is 2.21. The maximum absolute atomic E-state index is 13.0. The van der Waals surface area contributed by atoms with Crippen molar-refractivity contribution in [2.45, 2.75) is 27.3 Å². The van der Waals surface area contributed by atoms with E-state index < -0.39 is 0 Å². The van der Waals surface area contributed by atoms with Crippen molar-refractivity contribution in [3.05, 3.63) is 45.4 Å². The molecule has 0 aliphatic carbocycles. The van der Waals surface area contributed by atoms with Crippen LogP contribution >= 0.6 is 11.3 Å². The Labute approximate surface area is 198 Å². The van der Waals surface area contributed by atoms with Crippen LogP contribution in [0.1, 0.15) is 33.5 Å². The summed E-state index contributed by atoms with van der Waals surface area (Å²) in [7, 11) is 1.59. The third kappa shape index (κ3) is 6.29. The predicted octanol–water partition coefficient (Wildman–Crippen LogP) is 2.74. The van der Waals surface area contributed by atoms with Crippen LogP contribution in [0.5, 0.6) is 0 Å². The van der Waals surface area contributed by atoms with Crippen molar-refractivity contribution >= 4 is 34.9 Å². The Bertz CT molecular complexity index is 980. The van der Waals surface area contributed by atoms with Crippen LogP contribution in [-0.4, -0.2) is 84.0 Å². The molecule has 0 saturated carbocycles. The van der Waals surface area contributed by atoms with Gasteiger partial charge in [0.05, 0.1) is 13.2 Å². The maximum atomic E-state index is 13.0. The molecule has 3 rings (SSSR count). The number of benzene rings is 1. The number of thiazole rings is 1. The summed E-state index contributed by atoms with van der Waals surface area (Å²) in [4.78, 5) is 47.0. The Morgan fingerprint density at radius 2 is 1.76 bits per heavy atom. The van der Waals surface area contributed by atoms with Crippen molar-refractivity contribution in [3.8, 4) is 0 Å². The molecular weight excluding hydrogens is 442 g/mol. The van der Waals surface area contributed by atoms with Crippen molar-refractivity contribution in [1.29, 1.82) is 0 Å². The summed E-state index contributed by atoms with van der Waals surface area (Å²) >= 11 is 1.35. The number of piperazine rings is 1. The first kappa shape index (κ1) is 24.7. The number of nitrogens with zero attached hydrogens (tertiary/aromatic N) is 4. The summed E-state index contributed by atoms with van der Waals surface area (Å²) in [5.74, 6) is -0.127. The lowest BCUT2D eigenvalue weighted by Crippen LogP contribution is -2.50. The minimum atomic E-state index is -0.243. The fourth-order valence-corrected chi connectivity index (χ4v) is 4.47. The molecule has 2 heterocycles. The Morgan fingerprint density at radius 1 is 1.12 bits per heavy atom. The Balaban J connectivity index is 1.66. The number of carbonyl (C=O) groups excluding carboxylic acids is 3. The highest BCUT2D eigenvalue weighted by molar-refractivity contribution is 7.09. The van der Waals surface area contributed by atoms with E-state index in [-0.39, 0.29) is 24.4 Å². The molecule has 1 N–H and O–H groups in total. The lowest BCUT2D eigenvalue weighted by Gasteiger charge is -2.33. The number of ether oxygens (including phenoxy) is 1. The fraction of sp³-hybridized carbons (Fsp3) is 0.478. The summed E-state index contributed by atoms with van der Waals surface area (Å²) in [6, 6.07) is 5.62. The zero-order valence-corrected chi connectivity index (χ0v) is 20.4. The van der Waals surface area contributed by atoms with Gasteiger partial charge in [0.15, 0.2) is 0 Å². The van der Waals surface area contributed by atoms with Crippen molar-refractivity contribution in [1.82, 2.24) is 19.7 Å². The molecule has 0 atom stereocenters. The van der Waals surface area contributed by atoms with Crippen molar-refractivity contribution in [3.63, 3.8) is 0 Å². The number of anilines is 1. The first-order valence-electron chi connectivity index (χ1n) is 10.9. The number of urea groups is 1. The molecular formula is C23H31N5O4S. The van der Waals surface area contributed by atoms with Gasteiger partial charge in [-0.25, -0.2) is 9.78 Å². The highest BCUT2D eigenvalue weighted by atomic mass is 32.1. The molecule has 1 saturated heterocycles. The molecule has 1 aliphatic heterocycles. The Hall–Kier alpha value is -2.98. The number of hydrogen-bond donors (Lipinski definition) is 1. The van der Waals surface area contributed by atoms with Crippen LogP contribution < -0.4 is 5.32 Å². The van der Waals surface area contributed by atoms with E-state index >= 15 is 0 Å². The minimum Gasteiger partial charge on any atom is -0.383 e. The fourth-order valence-electron chi connectivity index (χ4n) is 3.68. The van der Waals surface area contributed by atoms with Crippen molar-refractivity contribution < 1.29 is 19.1 Å². The first-order valence-corrected chi connectivity index (χ1v) is 11.8. The molecule has 10 heteroatoms. The number of carbonyl (C=O) groups is 3. The second kappa shape index (κ2) is 11.2. The monoisotopic (exact) mass is 473 g/mol. The van der Waals surface area contributed by atoms with Gasteiger partial charge in [-0.1, -0.05) is 18.2 Å². The van der Waals surface area contributed by atoms with E-state index in [0.717, 1.165) is 16.8 Å². The second-order valence-electron chi connectivity index (χ2n) is 8.04. The van der Waals surface area contributed by atoms with Crippen molar-refractivity contribution in [2.24, 2.45) is 0 Å². The Morgan fingerprint density at radius 3 is 2.36 bits per heavy atom. The van der Waals surface area contributed by atoms with Gasteiger partial charge in [0, 0.05) is 57.8 Å². The predicted molar refractivity (Wildman–Crippen MR) is 127 cm³/mol. The van der Waals surface area contributed by atoms with Gasteiger partial charge in [-0.2, -0.15) is 0 Å². The van der Waals surface area contributed by atoms with Crippen LogP contribution in [0.2, 0.25) is 0 Å². The van der Waals surface area contributed by atoms with E-state index in [4.69, 9.17) is 4.74 Å². The lowest BCUT2D eigenvalue weighted by atomic mass is 10.1. The summed E-state index contributed by atoms with van der Waals surface area (Å²) in [5.41, 5.74) is 3.14. The van der Waals surface area contributed by atoms with Gasteiger partial charge in [0.25, 0.3) is 5.91 Å². The minimum absolute atomic E-state index is 0.0216. The standard InChI is InChI=1S/C23H31N5O4S/c1-16-6-5-7-17(2)21(16)25-23(31)28(12-13-32-4)14-20-24-19(15-33-20)22(30)27-10-8-26(9-11-27)18(3)29/h5-7,15H,8-14H2,1-4H3,(H,25,31). The van der Waals surface area contributed by atoms with Crippen LogP contribution in [0.3, 0.4) is 0 Å². The molecule has 0 spiro atoms. The normalized spacial score (nSPS) is 13.7. The average molecular weight is 474 g/mol. The zero-order valence-electron chi connectivity index (χ0n) is 19.6. The number of amides is 4. The smallest absolute Gasteiger partial charge is 0.322 e. The quantitative estimate of drug-likeness (QED) is 0.667. The molecule has 1 aromatic heterocycles. The molecule has 0 unspecified atom stereocenters. The number of aryl methyl sites for hydroxylation is 2. The molecule has 1 aromatic carbocycles. The second-order valence-corrected chi connectivity index (χ2v) is 8.98. The number of aromatic nitrogens is 1. The van der Waals surface area contributed by atoms with E-state index in [1.807, 2.05) is 32.0 Å². The summed E-state index contributed by atoms with van der Waals surface area (Å²) in [6.45, 7) is 8.54. The molecule has 0 radical (unpaired) electrons. The average Bonchev–Trinajstić information content (AvgIpc) is 3.27. The summed E-state index contributed by atoms with van der Waals surface area (Å²) in [5, 5.41) is 5.41. The molecule has 2 aromatic rings. The largest absolute Gasteiger partial charge is 0.383 e. The van der Waals surface area contributed by atoms with E-state index in [1.54, 1.807) is 27.2 Å². The third-order valence-electron chi connectivity index (χ3n) is 5.67. The molecule has 9 nitrogen and oxygen atoms in total. The number of nitrogens with one attached hydrogen (secondary N) is 1. The molecule has 0 bridgehead atoms. The topological polar surface area (TPSA) is 95.1 Å². The van der Waals surface area contributed by atoms with Crippen LogP contribution in [0.25, 0.3) is 0 Å². The molecule has 4 amide bonds. The molecule has 1 aliphatic rings. The van der Waals surface area contributed by atoms with E-state index in [2.05, 4.69) is 10.3 Å². The van der Waals surface area contributed by atoms with Crippen LogP contribution in [0.4, 0.5) is 10.5 Å². The van der Waals surface area contributed by atoms with Crippen LogP contribution in [-0.2, 0) is 16.1 Å². The van der Waals surface area contributed by atoms with Gasteiger partial charge in [0.1, 0.15) is 10.7 Å². The maximum Gasteiger partial charge on any atom is 0.322 e. The summed E-state index contributed by atoms with van der Waals surface area (Å²) < 4.78 is 5.18. The zero-order chi connectivity index (χ0) is 24.0. The third-order valence-corrected chi connectivity index (χ3v) is 6.51. The number of para-hydroxylation sites is 1. The SMILES string of the molecule is COCCN(Cc1nc(C(=O)N2CCN(C(C)=O)CC2)cs1)C(=O)Nc1c(C)cccc1C. The first-order chi connectivity index (χ1) is 15.8. The van der Waals surface area contributed by atoms with Crippen LogP contribution in [0.15, 0.2) is 23.6 Å². The molecule has 178 valence electrons. The van der Waals surface area contributed by atoms with Gasteiger partial charge < -0.3 is 24.8 Å². The number of rotatable bonds is 7. The molecule has 33 heavy (non-hydrogen) atoms. The van der Waals surface area contributed by atoms with Gasteiger partial charge in [-0.3, -0.25) is 9.59 Å². The number of hydrogen-bond acceptors (Lipinski definition) is 6. The van der Waals surface area contributed by atoms with Gasteiger partial charge in [0.2, 0.25) is 5.91 Å². The lowest BCUT2D eigenvalue weighted by molar-refractivity contribution is -0.130. The summed E-state index contributed by atoms with van der Waals surface area (Å²) in [6.07, 6.45) is 0. The van der Waals surface area contributed by atoms with Crippen molar-refractivity contribution in [2.75, 3.05) is 51.8 Å². The molecule has 1 fully saturated rings. The van der Waals surface area contributed by atoms with Crippen LogP contribution in [0, 0.1) is 13.8 Å². The number of methoxy groups -OCH3 is 1. The van der Waals surface area contributed by atoms with Gasteiger partial charge >= 0.3 is 6.03 Å². The van der Waals surface area contributed by atoms with E-state index in [0.29, 0.717) is 50.0 Å².